The van der Waals surface area contributed by atoms with Crippen molar-refractivity contribution in [1.29, 1.82) is 0 Å². The molecule has 1 aliphatic rings. The number of benzene rings is 1. The van der Waals surface area contributed by atoms with Crippen LogP contribution in [0.1, 0.15) is 18.1 Å². The summed E-state index contributed by atoms with van der Waals surface area (Å²) in [4.78, 5) is 12.8. The predicted molar refractivity (Wildman–Crippen MR) is 108 cm³/mol. The van der Waals surface area contributed by atoms with Crippen LogP contribution in [0.3, 0.4) is 0 Å². The molecule has 0 amide bonds. The second kappa shape index (κ2) is 8.06. The third kappa shape index (κ3) is 4.39. The molecule has 0 radical (unpaired) electrons. The molecule has 3 heterocycles. The Morgan fingerprint density at radius 3 is 2.56 bits per heavy atom. The van der Waals surface area contributed by atoms with E-state index in [4.69, 9.17) is 4.74 Å². The topological polar surface area (TPSA) is 111 Å². The van der Waals surface area contributed by atoms with Gasteiger partial charge in [-0.25, -0.2) is 23.1 Å². The lowest BCUT2D eigenvalue weighted by molar-refractivity contribution is -0.137. The number of anilines is 1. The lowest BCUT2D eigenvalue weighted by Crippen LogP contribution is -2.21. The van der Waals surface area contributed by atoms with Crippen LogP contribution in [0.25, 0.3) is 11.4 Å². The second-order valence-corrected chi connectivity index (χ2v) is 8.98. The summed E-state index contributed by atoms with van der Waals surface area (Å²) in [6.07, 6.45) is -1.68. The first-order valence-corrected chi connectivity index (χ1v) is 11.0. The number of hydrogen-bond acceptors (Lipinski definition) is 7. The Morgan fingerprint density at radius 2 is 1.94 bits per heavy atom. The summed E-state index contributed by atoms with van der Waals surface area (Å²) < 4.78 is 72.2. The van der Waals surface area contributed by atoms with Crippen LogP contribution in [0, 0.1) is 0 Å². The second-order valence-electron chi connectivity index (χ2n) is 7.15. The molecule has 13 heteroatoms. The summed E-state index contributed by atoms with van der Waals surface area (Å²) in [5.74, 6) is 0.227. The minimum Gasteiger partial charge on any atom is -0.460 e. The molecule has 0 saturated carbocycles. The minimum absolute atomic E-state index is 0.0362. The van der Waals surface area contributed by atoms with Crippen LogP contribution in [0.4, 0.5) is 19.0 Å². The number of fused-ring (bicyclic) bond motifs is 1. The molecule has 1 aliphatic heterocycles. The maximum atomic E-state index is 12.8. The number of halogens is 3. The Balaban J connectivity index is 1.65. The summed E-state index contributed by atoms with van der Waals surface area (Å²) in [5.41, 5.74) is 0.348. The number of nitrogens with zero attached hydrogens (tertiary/aromatic N) is 4. The highest BCUT2D eigenvalue weighted by Gasteiger charge is 2.30. The van der Waals surface area contributed by atoms with Crippen molar-refractivity contribution in [3.8, 4) is 17.4 Å². The SMILES string of the molecule is CNS(=O)(=O)c1cnc(NCc2ccc(C(F)(F)F)cc2)c(-c2cn3c(n2)OC(C)C3)n1. The smallest absolute Gasteiger partial charge is 0.416 e. The molecule has 32 heavy (non-hydrogen) atoms. The molecular weight excluding hydrogens is 449 g/mol. The molecule has 0 saturated heterocycles. The first kappa shape index (κ1) is 22.0. The molecule has 0 fully saturated rings. The summed E-state index contributed by atoms with van der Waals surface area (Å²) in [5, 5.41) is 2.70. The van der Waals surface area contributed by atoms with E-state index >= 15 is 0 Å². The zero-order valence-electron chi connectivity index (χ0n) is 17.0. The molecule has 0 aliphatic carbocycles. The number of alkyl halides is 3. The van der Waals surface area contributed by atoms with E-state index in [-0.39, 0.29) is 29.2 Å². The van der Waals surface area contributed by atoms with Gasteiger partial charge in [-0.2, -0.15) is 18.2 Å². The van der Waals surface area contributed by atoms with Gasteiger partial charge in [0.2, 0.25) is 0 Å². The van der Waals surface area contributed by atoms with Crippen LogP contribution in [0.5, 0.6) is 6.01 Å². The van der Waals surface area contributed by atoms with Crippen molar-refractivity contribution in [2.75, 3.05) is 12.4 Å². The maximum absolute atomic E-state index is 12.8. The van der Waals surface area contributed by atoms with Crippen molar-refractivity contribution in [2.45, 2.75) is 37.3 Å². The lowest BCUT2D eigenvalue weighted by Gasteiger charge is -2.12. The quantitative estimate of drug-likeness (QED) is 0.572. The molecule has 0 bridgehead atoms. The van der Waals surface area contributed by atoms with Crippen molar-refractivity contribution in [1.82, 2.24) is 24.2 Å². The van der Waals surface area contributed by atoms with Gasteiger partial charge in [0.25, 0.3) is 16.0 Å². The summed E-state index contributed by atoms with van der Waals surface area (Å²) in [7, 11) is -2.60. The molecule has 3 aromatic rings. The van der Waals surface area contributed by atoms with Gasteiger partial charge in [0.15, 0.2) is 10.8 Å². The lowest BCUT2D eigenvalue weighted by atomic mass is 10.1. The van der Waals surface area contributed by atoms with Gasteiger partial charge in [0.1, 0.15) is 17.5 Å². The molecule has 2 N–H and O–H groups in total. The number of nitrogens with one attached hydrogen (secondary N) is 2. The highest BCUT2D eigenvalue weighted by atomic mass is 32.2. The average Bonchev–Trinajstić information content (AvgIpc) is 3.29. The van der Waals surface area contributed by atoms with E-state index in [2.05, 4.69) is 25.0 Å². The standard InChI is InChI=1S/C19H19F3N6O3S/c1-11-9-28-10-14(26-18(28)31-11)16-17(25-8-15(27-16)32(29,30)23-2)24-7-12-3-5-13(6-4-12)19(20,21)22/h3-6,8,10-11,23H,7,9H2,1-2H3,(H,24,25). The largest absolute Gasteiger partial charge is 0.460 e. The maximum Gasteiger partial charge on any atom is 0.416 e. The summed E-state index contributed by atoms with van der Waals surface area (Å²) >= 11 is 0. The van der Waals surface area contributed by atoms with Gasteiger partial charge in [0.05, 0.1) is 18.3 Å². The van der Waals surface area contributed by atoms with Crippen LogP contribution in [0.2, 0.25) is 0 Å². The van der Waals surface area contributed by atoms with Gasteiger partial charge in [-0.05, 0) is 31.7 Å². The Kier molecular flexibility index (Phi) is 5.54. The molecule has 4 rings (SSSR count). The van der Waals surface area contributed by atoms with E-state index in [9.17, 15) is 21.6 Å². The minimum atomic E-state index is -4.42. The monoisotopic (exact) mass is 468 g/mol. The van der Waals surface area contributed by atoms with Gasteiger partial charge in [-0.15, -0.1) is 0 Å². The Hall–Kier alpha value is -3.19. The van der Waals surface area contributed by atoms with Crippen LogP contribution >= 0.6 is 0 Å². The molecule has 1 aromatic carbocycles. The Morgan fingerprint density at radius 1 is 1.22 bits per heavy atom. The van der Waals surface area contributed by atoms with Gasteiger partial charge >= 0.3 is 6.18 Å². The van der Waals surface area contributed by atoms with E-state index in [1.165, 1.54) is 19.2 Å². The van der Waals surface area contributed by atoms with Crippen molar-refractivity contribution in [3.63, 3.8) is 0 Å². The van der Waals surface area contributed by atoms with Crippen molar-refractivity contribution in [2.24, 2.45) is 0 Å². The molecule has 9 nitrogen and oxygen atoms in total. The number of aromatic nitrogens is 4. The van der Waals surface area contributed by atoms with E-state index in [1.807, 2.05) is 6.92 Å². The first-order valence-electron chi connectivity index (χ1n) is 9.51. The number of imidazole rings is 1. The molecular formula is C19H19F3N6O3S. The molecule has 0 spiro atoms. The summed E-state index contributed by atoms with van der Waals surface area (Å²) in [6.45, 7) is 2.61. The summed E-state index contributed by atoms with van der Waals surface area (Å²) in [6, 6.07) is 5.06. The fourth-order valence-electron chi connectivity index (χ4n) is 3.14. The number of sulfonamides is 1. The molecule has 1 unspecified atom stereocenters. The van der Waals surface area contributed by atoms with Crippen LogP contribution < -0.4 is 14.8 Å². The fraction of sp³-hybridized carbons (Fsp3) is 0.316. The van der Waals surface area contributed by atoms with Gasteiger partial charge in [0, 0.05) is 12.7 Å². The Labute approximate surface area is 181 Å². The van der Waals surface area contributed by atoms with Crippen molar-refractivity contribution >= 4 is 15.8 Å². The van der Waals surface area contributed by atoms with Crippen LogP contribution in [-0.2, 0) is 29.3 Å². The fourth-order valence-corrected chi connectivity index (χ4v) is 3.76. The predicted octanol–water partition coefficient (Wildman–Crippen LogP) is 2.66. The zero-order chi connectivity index (χ0) is 23.1. The zero-order valence-corrected chi connectivity index (χ0v) is 17.8. The normalized spacial score (nSPS) is 16.0. The van der Waals surface area contributed by atoms with Gasteiger partial charge in [-0.3, -0.25) is 4.57 Å². The van der Waals surface area contributed by atoms with E-state index < -0.39 is 21.8 Å². The first-order chi connectivity index (χ1) is 15.1. The van der Waals surface area contributed by atoms with E-state index in [0.717, 1.165) is 18.3 Å². The highest BCUT2D eigenvalue weighted by Crippen LogP contribution is 2.31. The molecule has 170 valence electrons. The van der Waals surface area contributed by atoms with Crippen LogP contribution in [0.15, 0.2) is 41.7 Å². The van der Waals surface area contributed by atoms with Crippen molar-refractivity contribution in [3.05, 3.63) is 47.8 Å². The van der Waals surface area contributed by atoms with Crippen LogP contribution in [-0.4, -0.2) is 41.1 Å². The van der Waals surface area contributed by atoms with Gasteiger partial charge in [-0.1, -0.05) is 12.1 Å². The third-order valence-electron chi connectivity index (χ3n) is 4.78. The van der Waals surface area contributed by atoms with Crippen molar-refractivity contribution < 1.29 is 26.3 Å². The highest BCUT2D eigenvalue weighted by molar-refractivity contribution is 7.89. The number of hydrogen-bond donors (Lipinski definition) is 2. The number of ether oxygens (including phenoxy) is 1. The van der Waals surface area contributed by atoms with Gasteiger partial charge < -0.3 is 10.1 Å². The average molecular weight is 468 g/mol. The molecule has 2 aromatic heterocycles. The number of rotatable bonds is 6. The third-order valence-corrected chi connectivity index (χ3v) is 6.06. The Bertz CT molecular complexity index is 1220. The van der Waals surface area contributed by atoms with E-state index in [0.29, 0.717) is 23.8 Å². The molecule has 1 atom stereocenters. The van der Waals surface area contributed by atoms with E-state index in [1.54, 1.807) is 10.8 Å².